The maximum atomic E-state index is 6.19. The van der Waals surface area contributed by atoms with Crippen molar-refractivity contribution in [2.75, 3.05) is 0 Å². The van der Waals surface area contributed by atoms with Gasteiger partial charge in [0.15, 0.2) is 11.4 Å². The summed E-state index contributed by atoms with van der Waals surface area (Å²) in [6.07, 6.45) is 0. The highest BCUT2D eigenvalue weighted by Gasteiger charge is 2.39. The van der Waals surface area contributed by atoms with Crippen molar-refractivity contribution in [3.05, 3.63) is 139 Å². The van der Waals surface area contributed by atoms with Crippen LogP contribution in [0, 0.1) is 0 Å². The Morgan fingerprint density at radius 3 is 2.21 bits per heavy atom. The molecule has 0 N–H and O–H groups in total. The highest BCUT2D eigenvalue weighted by molar-refractivity contribution is 7.26. The van der Waals surface area contributed by atoms with Crippen molar-refractivity contribution in [1.82, 2.24) is 15.0 Å². The fourth-order valence-electron chi connectivity index (χ4n) is 7.29. The Morgan fingerprint density at radius 2 is 1.38 bits per heavy atom. The van der Waals surface area contributed by atoms with Gasteiger partial charge in [0.1, 0.15) is 5.52 Å². The third-order valence-electron chi connectivity index (χ3n) is 9.65. The molecule has 0 fully saturated rings. The van der Waals surface area contributed by atoms with Crippen molar-refractivity contribution in [3.8, 4) is 45.2 Å². The second kappa shape index (κ2) is 9.68. The predicted octanol–water partition coefficient (Wildman–Crippen LogP) is 11.4. The quantitative estimate of drug-likeness (QED) is 0.197. The molecule has 0 aliphatic heterocycles. The topological polar surface area (TPSA) is 51.8 Å². The molecule has 0 saturated heterocycles. The van der Waals surface area contributed by atoms with Gasteiger partial charge in [-0.2, -0.15) is 0 Å². The van der Waals surface area contributed by atoms with Gasteiger partial charge in [-0.1, -0.05) is 98.8 Å². The molecule has 9 aromatic rings. The maximum Gasteiger partial charge on any atom is 0.227 e. The molecule has 4 nitrogen and oxygen atoms in total. The Bertz CT molecular complexity index is 2710. The fraction of sp³-hybridized carbons (Fsp3) is 0.0714. The van der Waals surface area contributed by atoms with Gasteiger partial charge in [0.05, 0.1) is 16.1 Å². The molecule has 0 bridgehead atoms. The van der Waals surface area contributed by atoms with E-state index in [2.05, 4.69) is 105 Å². The summed E-state index contributed by atoms with van der Waals surface area (Å²) >= 11 is 1.77. The lowest BCUT2D eigenvalue weighted by molar-refractivity contribution is 0.620. The number of thiophene rings is 1. The van der Waals surface area contributed by atoms with Gasteiger partial charge in [-0.3, -0.25) is 0 Å². The Labute approximate surface area is 275 Å². The fourth-order valence-corrected chi connectivity index (χ4v) is 8.50. The van der Waals surface area contributed by atoms with Gasteiger partial charge in [-0.05, 0) is 64.4 Å². The van der Waals surface area contributed by atoms with Crippen molar-refractivity contribution < 1.29 is 4.42 Å². The summed E-state index contributed by atoms with van der Waals surface area (Å²) in [5.41, 5.74) is 10.3. The van der Waals surface area contributed by atoms with E-state index in [0.717, 1.165) is 60.7 Å². The minimum absolute atomic E-state index is 0.236. The van der Waals surface area contributed by atoms with Gasteiger partial charge < -0.3 is 4.42 Å². The molecule has 0 atom stereocenters. The molecule has 0 saturated carbocycles. The van der Waals surface area contributed by atoms with Crippen LogP contribution in [0.1, 0.15) is 25.1 Å². The Kier molecular flexibility index (Phi) is 5.47. The summed E-state index contributed by atoms with van der Waals surface area (Å²) in [6, 6.07) is 44.7. The highest BCUT2D eigenvalue weighted by atomic mass is 32.1. The van der Waals surface area contributed by atoms with Gasteiger partial charge in [-0.15, -0.1) is 11.3 Å². The van der Waals surface area contributed by atoms with Crippen molar-refractivity contribution in [2.24, 2.45) is 0 Å². The Hall–Kier alpha value is -5.65. The second-order valence-corrected chi connectivity index (χ2v) is 13.9. The largest absolute Gasteiger partial charge is 0.436 e. The molecule has 47 heavy (non-hydrogen) atoms. The SMILES string of the molecule is CC1(C)c2ccccc2-c2c(-c3ccccc3)nc(-c3ccc4cc5c(cc4c3)sc3c5ccc4oc(-c5ccccc5)nc43)nc21. The number of nitrogens with zero attached hydrogens (tertiary/aromatic N) is 3. The first-order valence-corrected chi connectivity index (χ1v) is 16.7. The van der Waals surface area contributed by atoms with Crippen LogP contribution in [-0.2, 0) is 5.41 Å². The summed E-state index contributed by atoms with van der Waals surface area (Å²) in [6.45, 7) is 4.55. The molecule has 0 unspecified atom stereocenters. The smallest absolute Gasteiger partial charge is 0.227 e. The van der Waals surface area contributed by atoms with Crippen LogP contribution in [0.25, 0.3) is 87.3 Å². The molecule has 1 aliphatic carbocycles. The molecule has 3 heterocycles. The molecule has 6 aromatic carbocycles. The zero-order chi connectivity index (χ0) is 31.3. The molecule has 222 valence electrons. The first-order valence-electron chi connectivity index (χ1n) is 15.9. The van der Waals surface area contributed by atoms with E-state index in [-0.39, 0.29) is 5.41 Å². The number of rotatable bonds is 3. The number of benzene rings is 6. The zero-order valence-electron chi connectivity index (χ0n) is 25.8. The van der Waals surface area contributed by atoms with E-state index < -0.39 is 0 Å². The molecular formula is C42H27N3OS. The summed E-state index contributed by atoms with van der Waals surface area (Å²) in [7, 11) is 0. The average Bonchev–Trinajstić information content (AvgIpc) is 3.78. The molecular weight excluding hydrogens is 595 g/mol. The monoisotopic (exact) mass is 621 g/mol. The van der Waals surface area contributed by atoms with E-state index in [0.29, 0.717) is 5.89 Å². The lowest BCUT2D eigenvalue weighted by atomic mass is 9.85. The van der Waals surface area contributed by atoms with Crippen LogP contribution in [0.4, 0.5) is 0 Å². The van der Waals surface area contributed by atoms with Gasteiger partial charge in [0.2, 0.25) is 5.89 Å². The number of aromatic nitrogens is 3. The number of hydrogen-bond donors (Lipinski definition) is 0. The third-order valence-corrected chi connectivity index (χ3v) is 10.8. The van der Waals surface area contributed by atoms with E-state index in [1.54, 1.807) is 11.3 Å². The first-order chi connectivity index (χ1) is 23.0. The number of oxazole rings is 1. The van der Waals surface area contributed by atoms with E-state index in [1.165, 1.54) is 32.0 Å². The van der Waals surface area contributed by atoms with Crippen LogP contribution in [0.15, 0.2) is 132 Å². The maximum absolute atomic E-state index is 6.19. The molecule has 10 rings (SSSR count). The first kappa shape index (κ1) is 26.6. The van der Waals surface area contributed by atoms with Gasteiger partial charge >= 0.3 is 0 Å². The van der Waals surface area contributed by atoms with Crippen molar-refractivity contribution >= 4 is 53.4 Å². The van der Waals surface area contributed by atoms with Crippen LogP contribution in [0.2, 0.25) is 0 Å². The van der Waals surface area contributed by atoms with E-state index in [1.807, 2.05) is 36.4 Å². The normalized spacial score (nSPS) is 13.5. The minimum Gasteiger partial charge on any atom is -0.436 e. The second-order valence-electron chi connectivity index (χ2n) is 12.8. The van der Waals surface area contributed by atoms with Crippen LogP contribution >= 0.6 is 11.3 Å². The lowest BCUT2D eigenvalue weighted by Crippen LogP contribution is -2.17. The predicted molar refractivity (Wildman–Crippen MR) is 194 cm³/mol. The molecule has 1 aliphatic rings. The van der Waals surface area contributed by atoms with E-state index in [9.17, 15) is 0 Å². The van der Waals surface area contributed by atoms with Crippen LogP contribution in [0.3, 0.4) is 0 Å². The van der Waals surface area contributed by atoms with Crippen molar-refractivity contribution in [3.63, 3.8) is 0 Å². The van der Waals surface area contributed by atoms with Crippen LogP contribution in [0.5, 0.6) is 0 Å². The third kappa shape index (κ3) is 3.90. The van der Waals surface area contributed by atoms with E-state index in [4.69, 9.17) is 19.4 Å². The summed E-state index contributed by atoms with van der Waals surface area (Å²) in [4.78, 5) is 15.5. The van der Waals surface area contributed by atoms with Crippen molar-refractivity contribution in [2.45, 2.75) is 19.3 Å². The Morgan fingerprint density at radius 1 is 0.617 bits per heavy atom. The van der Waals surface area contributed by atoms with Crippen LogP contribution in [-0.4, -0.2) is 15.0 Å². The average molecular weight is 622 g/mol. The minimum atomic E-state index is -0.236. The molecule has 0 radical (unpaired) electrons. The van der Waals surface area contributed by atoms with Gasteiger partial charge in [-0.25, -0.2) is 15.0 Å². The number of fused-ring (bicyclic) bond motifs is 9. The summed E-state index contributed by atoms with van der Waals surface area (Å²) in [5, 5.41) is 4.78. The number of hydrogen-bond acceptors (Lipinski definition) is 5. The molecule has 5 heteroatoms. The zero-order valence-corrected chi connectivity index (χ0v) is 26.6. The van der Waals surface area contributed by atoms with Crippen molar-refractivity contribution in [1.29, 1.82) is 0 Å². The molecule has 3 aromatic heterocycles. The molecule has 0 amide bonds. The van der Waals surface area contributed by atoms with Gasteiger partial charge in [0, 0.05) is 43.1 Å². The standard InChI is InChI=1S/C42H27N3OS/c1-42(2)32-16-10-9-15-30(32)35-36(24-11-5-3-6-12-24)43-40(45-39(35)42)27-18-17-26-22-31-29-19-20-33-37(38(29)47-34(31)23-28(26)21-27)44-41(46-33)25-13-7-4-8-14-25/h3-23H,1-2H3. The van der Waals surface area contributed by atoms with E-state index >= 15 is 0 Å². The molecule has 0 spiro atoms. The van der Waals surface area contributed by atoms with Crippen LogP contribution < -0.4 is 0 Å². The summed E-state index contributed by atoms with van der Waals surface area (Å²) < 4.78 is 8.56. The summed E-state index contributed by atoms with van der Waals surface area (Å²) in [5.74, 6) is 1.40. The Balaban J connectivity index is 1.15. The van der Waals surface area contributed by atoms with Gasteiger partial charge in [0.25, 0.3) is 0 Å². The highest BCUT2D eigenvalue weighted by Crippen LogP contribution is 2.51. The lowest BCUT2D eigenvalue weighted by Gasteiger charge is -2.21.